The van der Waals surface area contributed by atoms with Crippen molar-refractivity contribution >= 4 is 39.5 Å². The predicted molar refractivity (Wildman–Crippen MR) is 220 cm³/mol. The van der Waals surface area contributed by atoms with Crippen LogP contribution in [0.1, 0.15) is 73.6 Å². The molecule has 3 heterocycles. The minimum absolute atomic E-state index is 0.226. The Kier molecular flexibility index (Phi) is 10.4. The van der Waals surface area contributed by atoms with E-state index in [2.05, 4.69) is 43.2 Å². The summed E-state index contributed by atoms with van der Waals surface area (Å²) in [6, 6.07) is 31.4. The second-order valence-corrected chi connectivity index (χ2v) is 16.2. The first-order valence-electron chi connectivity index (χ1n) is 20.4. The first-order valence-corrected chi connectivity index (χ1v) is 20.4. The van der Waals surface area contributed by atoms with E-state index in [0.717, 1.165) is 81.4 Å². The molecular formula is C45H52N8O3. The fourth-order valence-corrected chi connectivity index (χ4v) is 9.27. The standard InChI is InChI=1S/C45H52N8O3/c54-41-39(25-29-11-3-1-4-12-29)52(27-31-19-21-37-35(23-31)43(50-48-37)46-33-15-7-8-16-33)45(56)53(40(42(41)55)26-30-13-5-2-6-14-30)28-32-20-22-38-36(24-32)44(51-49-38)47-34-17-9-10-18-34/h1-6,11-14,19-24,33-34,39-42,54-55H,7-10,15-18,25-28H2,(H2,46,48,50)(H2,47,49,51)/t39-,40-,41+,42+/m1/s1. The van der Waals surface area contributed by atoms with Crippen LogP contribution in [-0.4, -0.2) is 82.8 Å². The number of aliphatic hydroxyl groups excluding tert-OH is 2. The smallest absolute Gasteiger partial charge is 0.321 e. The van der Waals surface area contributed by atoms with E-state index in [4.69, 9.17) is 0 Å². The lowest BCUT2D eigenvalue weighted by Crippen LogP contribution is -2.50. The van der Waals surface area contributed by atoms with Gasteiger partial charge in [0.25, 0.3) is 0 Å². The third-order valence-electron chi connectivity index (χ3n) is 12.4. The molecule has 2 amide bonds. The zero-order chi connectivity index (χ0) is 38.0. The minimum Gasteiger partial charge on any atom is -0.388 e. The van der Waals surface area contributed by atoms with Crippen molar-refractivity contribution in [1.82, 2.24) is 30.2 Å². The lowest BCUT2D eigenvalue weighted by atomic mass is 9.91. The molecule has 1 aliphatic heterocycles. The molecule has 2 saturated carbocycles. The highest BCUT2D eigenvalue weighted by Gasteiger charge is 2.46. The number of benzene rings is 4. The Balaban J connectivity index is 1.10. The van der Waals surface area contributed by atoms with Gasteiger partial charge in [-0.3, -0.25) is 10.2 Å². The molecule has 11 heteroatoms. The Hall–Kier alpha value is -5.39. The summed E-state index contributed by atoms with van der Waals surface area (Å²) in [7, 11) is 0. The minimum atomic E-state index is -1.21. The van der Waals surface area contributed by atoms with E-state index in [1.54, 1.807) is 9.80 Å². The van der Waals surface area contributed by atoms with Gasteiger partial charge in [0.2, 0.25) is 0 Å². The number of urea groups is 1. The van der Waals surface area contributed by atoms with Crippen LogP contribution in [0.15, 0.2) is 97.1 Å². The maximum Gasteiger partial charge on any atom is 0.321 e. The first kappa shape index (κ1) is 36.3. The van der Waals surface area contributed by atoms with Crippen molar-refractivity contribution in [3.63, 3.8) is 0 Å². The van der Waals surface area contributed by atoms with Gasteiger partial charge in [0.05, 0.1) is 23.1 Å². The van der Waals surface area contributed by atoms with Crippen molar-refractivity contribution in [2.75, 3.05) is 10.6 Å². The summed E-state index contributed by atoms with van der Waals surface area (Å²) >= 11 is 0. The van der Waals surface area contributed by atoms with Crippen LogP contribution in [0.4, 0.5) is 16.4 Å². The summed E-state index contributed by atoms with van der Waals surface area (Å²) in [6.45, 7) is 0.490. The van der Waals surface area contributed by atoms with Gasteiger partial charge in [-0.1, -0.05) is 98.5 Å². The fraction of sp³-hybridized carbons (Fsp3) is 0.400. The number of hydrogen-bond acceptors (Lipinski definition) is 7. The molecule has 1 saturated heterocycles. The third-order valence-corrected chi connectivity index (χ3v) is 12.4. The third kappa shape index (κ3) is 7.57. The molecule has 4 atom stereocenters. The molecule has 3 fully saturated rings. The monoisotopic (exact) mass is 752 g/mol. The number of nitrogens with one attached hydrogen (secondary N) is 4. The molecule has 290 valence electrons. The molecule has 0 bridgehead atoms. The highest BCUT2D eigenvalue weighted by molar-refractivity contribution is 5.91. The molecule has 2 aromatic heterocycles. The second kappa shape index (κ2) is 16.0. The van der Waals surface area contributed by atoms with Crippen LogP contribution in [0.25, 0.3) is 21.8 Å². The number of aliphatic hydroxyl groups is 2. The number of amides is 2. The zero-order valence-corrected chi connectivity index (χ0v) is 31.8. The van der Waals surface area contributed by atoms with Gasteiger partial charge in [0, 0.05) is 35.9 Å². The quantitative estimate of drug-likeness (QED) is 0.0758. The van der Waals surface area contributed by atoms with Gasteiger partial charge < -0.3 is 30.6 Å². The first-order chi connectivity index (χ1) is 27.5. The Bertz CT molecular complexity index is 2090. The topological polar surface area (TPSA) is 145 Å². The molecule has 2 aliphatic carbocycles. The van der Waals surface area contributed by atoms with Gasteiger partial charge in [-0.25, -0.2) is 4.79 Å². The summed E-state index contributed by atoms with van der Waals surface area (Å²) < 4.78 is 0. The number of aromatic amines is 2. The summed E-state index contributed by atoms with van der Waals surface area (Å²) in [6.07, 6.45) is 7.73. The van der Waals surface area contributed by atoms with Crippen LogP contribution >= 0.6 is 0 Å². The van der Waals surface area contributed by atoms with Crippen LogP contribution in [0.3, 0.4) is 0 Å². The maximum atomic E-state index is 15.4. The lowest BCUT2D eigenvalue weighted by molar-refractivity contribution is -0.0408. The van der Waals surface area contributed by atoms with E-state index in [1.807, 2.05) is 84.9 Å². The Morgan fingerprint density at radius 2 is 0.982 bits per heavy atom. The molecule has 0 spiro atoms. The zero-order valence-electron chi connectivity index (χ0n) is 31.8. The van der Waals surface area contributed by atoms with Crippen molar-refractivity contribution in [1.29, 1.82) is 0 Å². The molecule has 6 aromatic rings. The Morgan fingerprint density at radius 3 is 1.39 bits per heavy atom. The van der Waals surface area contributed by atoms with Gasteiger partial charge in [0.1, 0.15) is 12.2 Å². The molecule has 3 aliphatic rings. The molecule has 56 heavy (non-hydrogen) atoms. The van der Waals surface area contributed by atoms with Crippen LogP contribution in [0, 0.1) is 0 Å². The number of H-pyrrole nitrogens is 2. The summed E-state index contributed by atoms with van der Waals surface area (Å²) in [5.74, 6) is 1.65. The van der Waals surface area contributed by atoms with E-state index < -0.39 is 24.3 Å². The van der Waals surface area contributed by atoms with Crippen LogP contribution < -0.4 is 10.6 Å². The Labute approximate surface area is 327 Å². The van der Waals surface area contributed by atoms with E-state index in [0.29, 0.717) is 24.9 Å². The van der Waals surface area contributed by atoms with Crippen LogP contribution in [-0.2, 0) is 25.9 Å². The fourth-order valence-electron chi connectivity index (χ4n) is 9.27. The molecule has 11 nitrogen and oxygen atoms in total. The highest BCUT2D eigenvalue weighted by Crippen LogP contribution is 2.33. The van der Waals surface area contributed by atoms with Crippen molar-refractivity contribution in [2.45, 2.75) is 114 Å². The van der Waals surface area contributed by atoms with Crippen molar-refractivity contribution in [3.8, 4) is 0 Å². The van der Waals surface area contributed by atoms with Crippen LogP contribution in [0.5, 0.6) is 0 Å². The SMILES string of the molecule is O=C1N(Cc2ccc3[nH]nc(NC4CCCC4)c3c2)[C@H](Cc2ccccc2)[C@H](O)[C@@H](O)[C@@H](Cc2ccccc2)N1Cc1ccc2[nH]nc(NC3CCCC3)c2c1. The number of rotatable bonds is 12. The maximum absolute atomic E-state index is 15.4. The van der Waals surface area contributed by atoms with Crippen LogP contribution in [0.2, 0.25) is 0 Å². The number of aromatic nitrogens is 4. The summed E-state index contributed by atoms with van der Waals surface area (Å²) in [4.78, 5) is 19.0. The molecule has 9 rings (SSSR count). The number of fused-ring (bicyclic) bond motifs is 2. The molecular weight excluding hydrogens is 701 g/mol. The number of anilines is 2. The highest BCUT2D eigenvalue weighted by atomic mass is 16.3. The normalized spacial score (nSPS) is 22.4. The van der Waals surface area contributed by atoms with Gasteiger partial charge in [-0.2, -0.15) is 10.2 Å². The van der Waals surface area contributed by atoms with Crippen molar-refractivity contribution in [2.24, 2.45) is 0 Å². The molecule has 4 aromatic carbocycles. The van der Waals surface area contributed by atoms with E-state index in [1.165, 1.54) is 25.7 Å². The number of carbonyl (C=O) groups is 1. The Morgan fingerprint density at radius 1 is 0.571 bits per heavy atom. The predicted octanol–water partition coefficient (Wildman–Crippen LogP) is 7.53. The number of nitrogens with zero attached hydrogens (tertiary/aromatic N) is 4. The van der Waals surface area contributed by atoms with E-state index in [9.17, 15) is 10.2 Å². The molecule has 0 unspecified atom stereocenters. The van der Waals surface area contributed by atoms with Crippen molar-refractivity contribution < 1.29 is 15.0 Å². The summed E-state index contributed by atoms with van der Waals surface area (Å²) in [5, 5.41) is 49.4. The van der Waals surface area contributed by atoms with Gasteiger partial charge in [-0.05, 0) is 85.0 Å². The van der Waals surface area contributed by atoms with Crippen molar-refractivity contribution in [3.05, 3.63) is 119 Å². The number of carbonyl (C=O) groups excluding carboxylic acids is 1. The number of hydrogen-bond donors (Lipinski definition) is 6. The van der Waals surface area contributed by atoms with Gasteiger partial charge in [-0.15, -0.1) is 0 Å². The molecule has 6 N–H and O–H groups in total. The second-order valence-electron chi connectivity index (χ2n) is 16.2. The average Bonchev–Trinajstić information content (AvgIpc) is 4.07. The average molecular weight is 753 g/mol. The molecule has 0 radical (unpaired) electrons. The van der Waals surface area contributed by atoms with Gasteiger partial charge in [0.15, 0.2) is 11.6 Å². The largest absolute Gasteiger partial charge is 0.388 e. The summed E-state index contributed by atoms with van der Waals surface area (Å²) in [5.41, 5.74) is 5.66. The van der Waals surface area contributed by atoms with E-state index in [-0.39, 0.29) is 19.1 Å². The van der Waals surface area contributed by atoms with E-state index >= 15 is 4.79 Å². The van der Waals surface area contributed by atoms with Gasteiger partial charge >= 0.3 is 6.03 Å². The lowest BCUT2D eigenvalue weighted by Gasteiger charge is -2.36.